The van der Waals surface area contributed by atoms with Gasteiger partial charge in [0.25, 0.3) is 11.1 Å². The van der Waals surface area contributed by atoms with Crippen molar-refractivity contribution < 1.29 is 23.9 Å². The molecule has 0 atom stereocenters. The van der Waals surface area contributed by atoms with Crippen molar-refractivity contribution in [3.8, 4) is 11.5 Å². The molecule has 3 aromatic carbocycles. The van der Waals surface area contributed by atoms with Gasteiger partial charge in [-0.2, -0.15) is 0 Å². The molecular weight excluding hydrogens is 523 g/mol. The third-order valence-corrected chi connectivity index (χ3v) is 6.51. The molecule has 1 N–H and O–H groups in total. The van der Waals surface area contributed by atoms with Crippen LogP contribution in [0.15, 0.2) is 71.6 Å². The first-order valence-electron chi connectivity index (χ1n) is 10.7. The summed E-state index contributed by atoms with van der Waals surface area (Å²) in [6.45, 7) is -0.0741. The van der Waals surface area contributed by atoms with Crippen LogP contribution < -0.4 is 14.8 Å². The lowest BCUT2D eigenvalue weighted by Crippen LogP contribution is -2.36. The molecule has 0 unspecified atom stereocenters. The second-order valence-corrected chi connectivity index (χ2v) is 9.51. The summed E-state index contributed by atoms with van der Waals surface area (Å²) in [5.41, 5.74) is 2.10. The van der Waals surface area contributed by atoms with E-state index < -0.39 is 23.6 Å². The Morgan fingerprint density at radius 2 is 1.64 bits per heavy atom. The van der Waals surface area contributed by atoms with Crippen LogP contribution in [0.4, 0.5) is 10.5 Å². The molecule has 0 radical (unpaired) electrons. The summed E-state index contributed by atoms with van der Waals surface area (Å²) in [7, 11) is 1.52. The largest absolute Gasteiger partial charge is 0.493 e. The van der Waals surface area contributed by atoms with Crippen LogP contribution in [0.25, 0.3) is 6.08 Å². The molecule has 1 aliphatic heterocycles. The molecule has 0 bridgehead atoms. The fourth-order valence-electron chi connectivity index (χ4n) is 3.30. The number of anilines is 1. The first-order valence-corrected chi connectivity index (χ1v) is 12.3. The van der Waals surface area contributed by atoms with E-state index in [0.717, 1.165) is 22.2 Å². The molecule has 0 aromatic heterocycles. The Morgan fingerprint density at radius 3 is 2.31 bits per heavy atom. The fraction of sp³-hybridized carbons (Fsp3) is 0.115. The standard InChI is InChI=1S/C26H20Cl2N2O5S/c1-34-22-12-17(4-11-21(22)35-15-16-2-5-18(27)6-3-16)13-23-25(32)30(26(33)36-23)14-24(31)29-20-9-7-19(28)8-10-20/h2-13H,14-15H2,1H3,(H,29,31)/b23-13+. The van der Waals surface area contributed by atoms with Crippen LogP contribution in [0.2, 0.25) is 10.0 Å². The van der Waals surface area contributed by atoms with Crippen LogP contribution in [-0.4, -0.2) is 35.6 Å². The number of carbonyl (C=O) groups is 3. The summed E-state index contributed by atoms with van der Waals surface area (Å²) in [4.78, 5) is 38.7. The third kappa shape index (κ3) is 6.40. The molecule has 4 rings (SSSR count). The minimum Gasteiger partial charge on any atom is -0.493 e. The number of amides is 3. The van der Waals surface area contributed by atoms with Gasteiger partial charge in [0.15, 0.2) is 11.5 Å². The number of carbonyl (C=O) groups excluding carboxylic acids is 3. The minimum absolute atomic E-state index is 0.205. The van der Waals surface area contributed by atoms with Crippen LogP contribution in [0, 0.1) is 0 Å². The maximum absolute atomic E-state index is 12.8. The van der Waals surface area contributed by atoms with Crippen molar-refractivity contribution in [3.63, 3.8) is 0 Å². The van der Waals surface area contributed by atoms with E-state index in [-0.39, 0.29) is 4.91 Å². The molecule has 0 aliphatic carbocycles. The summed E-state index contributed by atoms with van der Waals surface area (Å²) < 4.78 is 11.3. The SMILES string of the molecule is COc1cc(/C=C2/SC(=O)N(CC(=O)Nc3ccc(Cl)cc3)C2=O)ccc1OCc1ccc(Cl)cc1. The van der Waals surface area contributed by atoms with Gasteiger partial charge in [-0.25, -0.2) is 0 Å². The van der Waals surface area contributed by atoms with Gasteiger partial charge in [-0.05, 0) is 77.5 Å². The molecule has 1 aliphatic rings. The van der Waals surface area contributed by atoms with Crippen LogP contribution >= 0.6 is 35.0 Å². The predicted molar refractivity (Wildman–Crippen MR) is 142 cm³/mol. The highest BCUT2D eigenvalue weighted by Gasteiger charge is 2.36. The van der Waals surface area contributed by atoms with Crippen molar-refractivity contribution in [1.29, 1.82) is 0 Å². The number of benzene rings is 3. The lowest BCUT2D eigenvalue weighted by atomic mass is 10.1. The fourth-order valence-corrected chi connectivity index (χ4v) is 4.39. The van der Waals surface area contributed by atoms with E-state index >= 15 is 0 Å². The van der Waals surface area contributed by atoms with Gasteiger partial charge < -0.3 is 14.8 Å². The number of methoxy groups -OCH3 is 1. The number of hydrogen-bond acceptors (Lipinski definition) is 6. The van der Waals surface area contributed by atoms with Gasteiger partial charge in [0, 0.05) is 15.7 Å². The van der Waals surface area contributed by atoms with Crippen molar-refractivity contribution >= 4 is 63.8 Å². The summed E-state index contributed by atoms with van der Waals surface area (Å²) in [6.07, 6.45) is 1.58. The Morgan fingerprint density at radius 1 is 0.972 bits per heavy atom. The number of hydrogen-bond donors (Lipinski definition) is 1. The van der Waals surface area contributed by atoms with Gasteiger partial charge in [-0.15, -0.1) is 0 Å². The van der Waals surface area contributed by atoms with Crippen molar-refractivity contribution in [3.05, 3.63) is 92.8 Å². The molecule has 1 fully saturated rings. The Kier molecular flexibility index (Phi) is 8.20. The van der Waals surface area contributed by atoms with Gasteiger partial charge in [-0.1, -0.05) is 41.4 Å². The van der Waals surface area contributed by atoms with Crippen molar-refractivity contribution in [2.45, 2.75) is 6.61 Å². The van der Waals surface area contributed by atoms with Crippen LogP contribution in [0.3, 0.4) is 0 Å². The molecule has 184 valence electrons. The highest BCUT2D eigenvalue weighted by molar-refractivity contribution is 8.18. The predicted octanol–water partition coefficient (Wildman–Crippen LogP) is 6.26. The molecule has 3 aromatic rings. The minimum atomic E-state index is -0.543. The molecule has 10 heteroatoms. The van der Waals surface area contributed by atoms with Crippen LogP contribution in [0.5, 0.6) is 11.5 Å². The van der Waals surface area contributed by atoms with Gasteiger partial charge >= 0.3 is 0 Å². The van der Waals surface area contributed by atoms with Crippen molar-refractivity contribution in [2.75, 3.05) is 19.0 Å². The highest BCUT2D eigenvalue weighted by atomic mass is 35.5. The average Bonchev–Trinajstić information content (AvgIpc) is 3.12. The summed E-state index contributed by atoms with van der Waals surface area (Å²) in [5, 5.41) is 3.29. The smallest absolute Gasteiger partial charge is 0.294 e. The third-order valence-electron chi connectivity index (χ3n) is 5.10. The zero-order valence-electron chi connectivity index (χ0n) is 19.0. The van der Waals surface area contributed by atoms with Crippen LogP contribution in [-0.2, 0) is 16.2 Å². The van der Waals surface area contributed by atoms with Crippen molar-refractivity contribution in [1.82, 2.24) is 4.90 Å². The topological polar surface area (TPSA) is 84.9 Å². The average molecular weight is 543 g/mol. The van der Waals surface area contributed by atoms with Gasteiger partial charge in [-0.3, -0.25) is 19.3 Å². The van der Waals surface area contributed by atoms with E-state index in [1.807, 2.05) is 12.1 Å². The number of thioether (sulfide) groups is 1. The molecule has 3 amide bonds. The van der Waals surface area contributed by atoms with Crippen LogP contribution in [0.1, 0.15) is 11.1 Å². The summed E-state index contributed by atoms with van der Waals surface area (Å²) in [6, 6.07) is 19.0. The Hall–Kier alpha value is -3.46. The number of nitrogens with one attached hydrogen (secondary N) is 1. The normalized spacial score (nSPS) is 14.3. The quantitative estimate of drug-likeness (QED) is 0.338. The summed E-state index contributed by atoms with van der Waals surface area (Å²) in [5.74, 6) is -0.0427. The molecular formula is C26H20Cl2N2O5S. The van der Waals surface area contributed by atoms with E-state index in [1.165, 1.54) is 7.11 Å². The molecule has 36 heavy (non-hydrogen) atoms. The van der Waals surface area contributed by atoms with E-state index in [2.05, 4.69) is 5.32 Å². The second-order valence-electron chi connectivity index (χ2n) is 7.65. The van der Waals surface area contributed by atoms with E-state index in [9.17, 15) is 14.4 Å². The maximum atomic E-state index is 12.8. The first-order chi connectivity index (χ1) is 17.3. The Balaban J connectivity index is 1.42. The number of ether oxygens (including phenoxy) is 2. The lowest BCUT2D eigenvalue weighted by Gasteiger charge is -2.13. The summed E-state index contributed by atoms with van der Waals surface area (Å²) >= 11 is 12.5. The maximum Gasteiger partial charge on any atom is 0.294 e. The Bertz CT molecular complexity index is 1330. The van der Waals surface area contributed by atoms with E-state index in [0.29, 0.717) is 39.4 Å². The van der Waals surface area contributed by atoms with Gasteiger partial charge in [0.1, 0.15) is 13.2 Å². The van der Waals surface area contributed by atoms with E-state index in [4.69, 9.17) is 32.7 Å². The molecule has 0 spiro atoms. The zero-order valence-corrected chi connectivity index (χ0v) is 21.3. The molecule has 7 nitrogen and oxygen atoms in total. The number of halogens is 2. The monoisotopic (exact) mass is 542 g/mol. The zero-order chi connectivity index (χ0) is 25.7. The van der Waals surface area contributed by atoms with Gasteiger partial charge in [0.05, 0.1) is 12.0 Å². The lowest BCUT2D eigenvalue weighted by molar-refractivity contribution is -0.127. The first kappa shape index (κ1) is 25.6. The van der Waals surface area contributed by atoms with E-state index in [1.54, 1.807) is 60.7 Å². The Labute approximate surface area is 222 Å². The molecule has 1 saturated heterocycles. The number of nitrogens with zero attached hydrogens (tertiary/aromatic N) is 1. The molecule has 1 heterocycles. The highest BCUT2D eigenvalue weighted by Crippen LogP contribution is 2.35. The second kappa shape index (κ2) is 11.5. The van der Waals surface area contributed by atoms with Crippen molar-refractivity contribution in [2.24, 2.45) is 0 Å². The number of rotatable bonds is 8. The molecule has 0 saturated carbocycles. The number of imide groups is 1. The van der Waals surface area contributed by atoms with Gasteiger partial charge in [0.2, 0.25) is 5.91 Å².